The van der Waals surface area contributed by atoms with Crippen molar-refractivity contribution in [1.82, 2.24) is 14.0 Å². The van der Waals surface area contributed by atoms with Gasteiger partial charge in [-0.2, -0.15) is 0 Å². The molecule has 11 rings (SSSR count). The highest BCUT2D eigenvalue weighted by Gasteiger charge is 2.36. The van der Waals surface area contributed by atoms with Gasteiger partial charge in [-0.3, -0.25) is 8.97 Å². The van der Waals surface area contributed by atoms with E-state index in [1.165, 1.54) is 44.5 Å². The van der Waals surface area contributed by atoms with E-state index in [1.54, 1.807) is 0 Å². The van der Waals surface area contributed by atoms with Gasteiger partial charge in [-0.25, -0.2) is 4.98 Å². The van der Waals surface area contributed by atoms with Gasteiger partial charge in [0.05, 0.1) is 22.1 Å². The molecule has 2 aromatic heterocycles. The van der Waals surface area contributed by atoms with Gasteiger partial charge in [-0.15, -0.1) is 0 Å². The van der Waals surface area contributed by atoms with Crippen molar-refractivity contribution in [3.05, 3.63) is 205 Å². The summed E-state index contributed by atoms with van der Waals surface area (Å²) < 4.78 is 4.61. The second-order valence-corrected chi connectivity index (χ2v) is 15.3. The number of hydrogen-bond donors (Lipinski definition) is 0. The number of fused-ring (bicyclic) bond motifs is 8. The summed E-state index contributed by atoms with van der Waals surface area (Å²) in [6, 6.07) is 70.1. The summed E-state index contributed by atoms with van der Waals surface area (Å²) in [5.41, 5.74) is 18.7. The van der Waals surface area contributed by atoms with Crippen molar-refractivity contribution >= 4 is 44.9 Å². The van der Waals surface area contributed by atoms with Crippen LogP contribution in [-0.4, -0.2) is 14.0 Å². The van der Waals surface area contributed by atoms with Gasteiger partial charge >= 0.3 is 0 Å². The lowest BCUT2D eigenvalue weighted by atomic mass is 9.82. The zero-order valence-corrected chi connectivity index (χ0v) is 31.3. The van der Waals surface area contributed by atoms with Crippen molar-refractivity contribution in [2.45, 2.75) is 19.3 Å². The lowest BCUT2D eigenvalue weighted by molar-refractivity contribution is 0.660. The number of aromatic nitrogens is 3. The van der Waals surface area contributed by atoms with E-state index in [2.05, 4.69) is 222 Å². The highest BCUT2D eigenvalue weighted by Crippen LogP contribution is 2.51. The van der Waals surface area contributed by atoms with Gasteiger partial charge in [0.2, 0.25) is 5.78 Å². The smallest absolute Gasteiger partial charge is 0.220 e. The van der Waals surface area contributed by atoms with Crippen LogP contribution in [0, 0.1) is 0 Å². The van der Waals surface area contributed by atoms with Gasteiger partial charge in [-0.1, -0.05) is 135 Å². The second-order valence-electron chi connectivity index (χ2n) is 15.3. The molecule has 0 saturated heterocycles. The van der Waals surface area contributed by atoms with Gasteiger partial charge in [0, 0.05) is 28.2 Å². The van der Waals surface area contributed by atoms with Crippen molar-refractivity contribution in [3.63, 3.8) is 0 Å². The van der Waals surface area contributed by atoms with Crippen LogP contribution >= 0.6 is 0 Å². The number of para-hydroxylation sites is 4. The number of benzene rings is 8. The number of nitrogens with zero attached hydrogens (tertiary/aromatic N) is 4. The van der Waals surface area contributed by atoms with Gasteiger partial charge in [0.15, 0.2) is 0 Å². The standard InChI is InChI=1S/C52H38N4/c1-52(2)45-33-41(54(39-25-21-37(22-26-39)35-13-5-3-6-14-35)40-27-23-38(24-28-40)36-15-7-4-8-16-36)29-31-43(45)44-32-30-42(34-46(44)52)55-49-19-11-12-20-50(49)56-48-18-10-9-17-47(48)53-51(55)56/h3-34H,1-2H3. The Morgan fingerprint density at radius 3 is 1.54 bits per heavy atom. The summed E-state index contributed by atoms with van der Waals surface area (Å²) in [7, 11) is 0. The fraction of sp³-hybridized carbons (Fsp3) is 0.0577. The van der Waals surface area contributed by atoms with E-state index in [9.17, 15) is 0 Å². The van der Waals surface area contributed by atoms with Crippen molar-refractivity contribution in [2.75, 3.05) is 4.90 Å². The third-order valence-corrected chi connectivity index (χ3v) is 11.7. The average Bonchev–Trinajstić information content (AvgIpc) is 3.86. The molecule has 0 unspecified atom stereocenters. The first-order chi connectivity index (χ1) is 27.5. The molecule has 0 spiro atoms. The molecule has 0 amide bonds. The Hall–Kier alpha value is -7.17. The normalized spacial score (nSPS) is 13.0. The highest BCUT2D eigenvalue weighted by molar-refractivity contribution is 5.93. The molecule has 1 aliphatic rings. The number of rotatable bonds is 6. The van der Waals surface area contributed by atoms with E-state index < -0.39 is 0 Å². The lowest BCUT2D eigenvalue weighted by Gasteiger charge is -2.28. The summed E-state index contributed by atoms with van der Waals surface area (Å²) in [5.74, 6) is 0.926. The van der Waals surface area contributed by atoms with Crippen LogP contribution in [0.3, 0.4) is 0 Å². The SMILES string of the molecule is CC1(C)c2cc(N(c3ccc(-c4ccccc4)cc3)c3ccc(-c4ccccc4)cc3)ccc2-c2ccc(-n3c4ccccc4n4c5ccccc5nc34)cc21. The first-order valence-electron chi connectivity index (χ1n) is 19.3. The van der Waals surface area contributed by atoms with Crippen molar-refractivity contribution in [1.29, 1.82) is 0 Å². The van der Waals surface area contributed by atoms with Crippen molar-refractivity contribution in [3.8, 4) is 39.1 Å². The Kier molecular flexibility index (Phi) is 7.17. The summed E-state index contributed by atoms with van der Waals surface area (Å²) in [5, 5.41) is 0. The molecule has 266 valence electrons. The maximum Gasteiger partial charge on any atom is 0.220 e. The van der Waals surface area contributed by atoms with Crippen LogP contribution in [0.5, 0.6) is 0 Å². The van der Waals surface area contributed by atoms with Gasteiger partial charge in [-0.05, 0) is 117 Å². The minimum Gasteiger partial charge on any atom is -0.310 e. The first-order valence-corrected chi connectivity index (χ1v) is 19.3. The van der Waals surface area contributed by atoms with E-state index in [0.29, 0.717) is 0 Å². The van der Waals surface area contributed by atoms with Gasteiger partial charge < -0.3 is 4.90 Å². The van der Waals surface area contributed by atoms with Crippen LogP contribution in [0.4, 0.5) is 17.1 Å². The van der Waals surface area contributed by atoms with E-state index in [-0.39, 0.29) is 5.41 Å². The Labute approximate surface area is 326 Å². The summed E-state index contributed by atoms with van der Waals surface area (Å²) in [4.78, 5) is 7.54. The largest absolute Gasteiger partial charge is 0.310 e. The van der Waals surface area contributed by atoms with Crippen LogP contribution in [0.2, 0.25) is 0 Å². The average molecular weight is 719 g/mol. The molecule has 10 aromatic rings. The molecule has 0 fully saturated rings. The summed E-state index contributed by atoms with van der Waals surface area (Å²) >= 11 is 0. The predicted octanol–water partition coefficient (Wildman–Crippen LogP) is 13.5. The monoisotopic (exact) mass is 718 g/mol. The highest BCUT2D eigenvalue weighted by atomic mass is 15.2. The Balaban J connectivity index is 1.02. The molecule has 4 heteroatoms. The van der Waals surface area contributed by atoms with Crippen LogP contribution < -0.4 is 4.90 Å². The Morgan fingerprint density at radius 1 is 0.429 bits per heavy atom. The van der Waals surface area contributed by atoms with Crippen LogP contribution in [0.15, 0.2) is 194 Å². The van der Waals surface area contributed by atoms with Crippen LogP contribution in [-0.2, 0) is 5.41 Å². The maximum atomic E-state index is 5.15. The molecule has 0 atom stereocenters. The molecule has 0 radical (unpaired) electrons. The summed E-state index contributed by atoms with van der Waals surface area (Å²) in [6.07, 6.45) is 0. The van der Waals surface area contributed by atoms with Gasteiger partial charge in [0.1, 0.15) is 0 Å². The van der Waals surface area contributed by atoms with Crippen molar-refractivity contribution in [2.24, 2.45) is 0 Å². The van der Waals surface area contributed by atoms with Crippen LogP contribution in [0.25, 0.3) is 66.9 Å². The fourth-order valence-electron chi connectivity index (χ4n) is 8.91. The molecule has 1 aliphatic carbocycles. The topological polar surface area (TPSA) is 25.5 Å². The Morgan fingerprint density at radius 2 is 0.911 bits per heavy atom. The van der Waals surface area contributed by atoms with Crippen molar-refractivity contribution < 1.29 is 0 Å². The molecule has 0 saturated carbocycles. The molecule has 0 N–H and O–H groups in total. The molecule has 0 bridgehead atoms. The quantitative estimate of drug-likeness (QED) is 0.171. The maximum absolute atomic E-state index is 5.15. The number of anilines is 3. The lowest BCUT2D eigenvalue weighted by Crippen LogP contribution is -2.17. The first kappa shape index (κ1) is 32.3. The molecule has 4 nitrogen and oxygen atoms in total. The molecule has 8 aromatic carbocycles. The van der Waals surface area contributed by atoms with E-state index in [0.717, 1.165) is 50.6 Å². The number of imidazole rings is 2. The second kappa shape index (κ2) is 12.4. The predicted molar refractivity (Wildman–Crippen MR) is 233 cm³/mol. The zero-order valence-electron chi connectivity index (χ0n) is 31.3. The third-order valence-electron chi connectivity index (χ3n) is 11.7. The minimum atomic E-state index is -0.240. The van der Waals surface area contributed by atoms with Gasteiger partial charge in [0.25, 0.3) is 0 Å². The fourth-order valence-corrected chi connectivity index (χ4v) is 8.91. The molecule has 0 aliphatic heterocycles. The van der Waals surface area contributed by atoms with E-state index >= 15 is 0 Å². The minimum absolute atomic E-state index is 0.240. The summed E-state index contributed by atoms with van der Waals surface area (Å²) in [6.45, 7) is 4.73. The van der Waals surface area contributed by atoms with E-state index in [1.807, 2.05) is 0 Å². The molecular formula is C52H38N4. The van der Waals surface area contributed by atoms with E-state index in [4.69, 9.17) is 4.98 Å². The Bertz CT molecular complexity index is 3000. The third kappa shape index (κ3) is 4.96. The molecule has 2 heterocycles. The van der Waals surface area contributed by atoms with Crippen LogP contribution in [0.1, 0.15) is 25.0 Å². The number of hydrogen-bond acceptors (Lipinski definition) is 2. The zero-order chi connectivity index (χ0) is 37.4. The molecule has 56 heavy (non-hydrogen) atoms. The molecular weight excluding hydrogens is 681 g/mol.